The minimum Gasteiger partial charge on any atom is -0.308 e. The third-order valence-corrected chi connectivity index (χ3v) is 3.43. The smallest absolute Gasteiger partial charge is 0.0305 e. The Kier molecular flexibility index (Phi) is 5.78. The van der Waals surface area contributed by atoms with E-state index < -0.39 is 0 Å². The number of allylic oxidation sites excluding steroid dienone is 1. The molecule has 0 saturated heterocycles. The highest BCUT2D eigenvalue weighted by molar-refractivity contribution is 9.10. The van der Waals surface area contributed by atoms with E-state index in [4.69, 9.17) is 0 Å². The lowest BCUT2D eigenvalue weighted by molar-refractivity contribution is 0.458. The first kappa shape index (κ1) is 13.5. The van der Waals surface area contributed by atoms with E-state index in [1.54, 1.807) is 0 Å². The van der Waals surface area contributed by atoms with E-state index in [1.165, 1.54) is 10.0 Å². The zero-order valence-corrected chi connectivity index (χ0v) is 11.6. The van der Waals surface area contributed by atoms with Gasteiger partial charge in [0.05, 0.1) is 0 Å². The van der Waals surface area contributed by atoms with Crippen LogP contribution in [-0.4, -0.2) is 6.04 Å². The largest absolute Gasteiger partial charge is 0.308 e. The van der Waals surface area contributed by atoms with Crippen molar-refractivity contribution in [1.29, 1.82) is 0 Å². The molecule has 0 aliphatic carbocycles. The topological polar surface area (TPSA) is 12.0 Å². The van der Waals surface area contributed by atoms with Crippen molar-refractivity contribution in [2.45, 2.75) is 38.8 Å². The summed E-state index contributed by atoms with van der Waals surface area (Å²) in [5, 5.41) is 3.59. The van der Waals surface area contributed by atoms with Crippen LogP contribution in [0.1, 0.15) is 38.3 Å². The summed E-state index contributed by atoms with van der Waals surface area (Å²) in [6.45, 7) is 8.17. The molecule has 0 aliphatic heterocycles. The van der Waals surface area contributed by atoms with Crippen LogP contribution in [0.5, 0.6) is 0 Å². The standard InChI is InChI=1S/C14H20BrN/c1-4-5-8-11(2)16-12(3)13-9-6-7-10-14(13)15/h4,6-7,9-12,16H,1,5,8H2,2-3H3/t11?,12-/m0/s1. The number of benzene rings is 1. The maximum atomic E-state index is 3.75. The van der Waals surface area contributed by atoms with Gasteiger partial charge in [-0.1, -0.05) is 40.2 Å². The molecular formula is C14H20BrN. The van der Waals surface area contributed by atoms with E-state index in [0.717, 1.165) is 12.8 Å². The van der Waals surface area contributed by atoms with Crippen LogP contribution in [-0.2, 0) is 0 Å². The molecule has 1 aromatic carbocycles. The van der Waals surface area contributed by atoms with E-state index >= 15 is 0 Å². The number of hydrogen-bond acceptors (Lipinski definition) is 1. The molecule has 0 amide bonds. The van der Waals surface area contributed by atoms with Gasteiger partial charge >= 0.3 is 0 Å². The van der Waals surface area contributed by atoms with Crippen molar-refractivity contribution in [3.05, 3.63) is 47.0 Å². The van der Waals surface area contributed by atoms with Gasteiger partial charge in [0, 0.05) is 16.6 Å². The summed E-state index contributed by atoms with van der Waals surface area (Å²) < 4.78 is 1.17. The fourth-order valence-corrected chi connectivity index (χ4v) is 2.42. The Labute approximate surface area is 107 Å². The lowest BCUT2D eigenvalue weighted by atomic mass is 10.1. The quantitative estimate of drug-likeness (QED) is 0.760. The van der Waals surface area contributed by atoms with Crippen LogP contribution < -0.4 is 5.32 Å². The van der Waals surface area contributed by atoms with Crippen LogP contribution >= 0.6 is 15.9 Å². The summed E-state index contributed by atoms with van der Waals surface area (Å²) >= 11 is 3.58. The third-order valence-electron chi connectivity index (χ3n) is 2.71. The number of halogens is 1. The Bertz CT molecular complexity index is 335. The van der Waals surface area contributed by atoms with Crippen molar-refractivity contribution in [3.63, 3.8) is 0 Å². The molecule has 0 radical (unpaired) electrons. The minimum absolute atomic E-state index is 0.371. The summed E-state index contributed by atoms with van der Waals surface area (Å²) in [5.74, 6) is 0. The molecule has 0 fully saturated rings. The van der Waals surface area contributed by atoms with Gasteiger partial charge in [0.25, 0.3) is 0 Å². The van der Waals surface area contributed by atoms with E-state index in [1.807, 2.05) is 12.1 Å². The van der Waals surface area contributed by atoms with Crippen LogP contribution in [0.3, 0.4) is 0 Å². The minimum atomic E-state index is 0.371. The van der Waals surface area contributed by atoms with Gasteiger partial charge in [0.2, 0.25) is 0 Å². The summed E-state index contributed by atoms with van der Waals surface area (Å²) in [5.41, 5.74) is 1.31. The van der Waals surface area contributed by atoms with E-state index in [9.17, 15) is 0 Å². The first-order valence-electron chi connectivity index (χ1n) is 5.76. The highest BCUT2D eigenvalue weighted by Gasteiger charge is 2.10. The molecule has 1 unspecified atom stereocenters. The van der Waals surface area contributed by atoms with Crippen molar-refractivity contribution in [1.82, 2.24) is 5.32 Å². The predicted molar refractivity (Wildman–Crippen MR) is 74.6 cm³/mol. The highest BCUT2D eigenvalue weighted by Crippen LogP contribution is 2.23. The van der Waals surface area contributed by atoms with Crippen molar-refractivity contribution < 1.29 is 0 Å². The number of rotatable bonds is 6. The van der Waals surface area contributed by atoms with E-state index in [2.05, 4.69) is 59.9 Å². The zero-order chi connectivity index (χ0) is 12.0. The second-order valence-electron chi connectivity index (χ2n) is 4.18. The Morgan fingerprint density at radius 3 is 2.69 bits per heavy atom. The van der Waals surface area contributed by atoms with E-state index in [-0.39, 0.29) is 0 Å². The van der Waals surface area contributed by atoms with Crippen LogP contribution in [0.25, 0.3) is 0 Å². The average molecular weight is 282 g/mol. The molecule has 1 aromatic rings. The molecule has 2 heteroatoms. The number of hydrogen-bond donors (Lipinski definition) is 1. The fraction of sp³-hybridized carbons (Fsp3) is 0.429. The molecule has 0 aromatic heterocycles. The fourth-order valence-electron chi connectivity index (χ4n) is 1.79. The molecular weight excluding hydrogens is 262 g/mol. The Hall–Kier alpha value is -0.600. The maximum absolute atomic E-state index is 3.75. The maximum Gasteiger partial charge on any atom is 0.0305 e. The summed E-state index contributed by atoms with van der Waals surface area (Å²) in [6.07, 6.45) is 4.18. The van der Waals surface area contributed by atoms with Gasteiger partial charge in [-0.2, -0.15) is 0 Å². The van der Waals surface area contributed by atoms with Gasteiger partial charge in [-0.25, -0.2) is 0 Å². The van der Waals surface area contributed by atoms with Crippen molar-refractivity contribution in [2.24, 2.45) is 0 Å². The molecule has 0 saturated carbocycles. The SMILES string of the molecule is C=CCCC(C)N[C@@H](C)c1ccccc1Br. The van der Waals surface area contributed by atoms with Gasteiger partial charge in [-0.3, -0.25) is 0 Å². The van der Waals surface area contributed by atoms with Gasteiger partial charge < -0.3 is 5.32 Å². The lowest BCUT2D eigenvalue weighted by Gasteiger charge is -2.20. The Morgan fingerprint density at radius 1 is 1.38 bits per heavy atom. The third kappa shape index (κ3) is 4.11. The van der Waals surface area contributed by atoms with Crippen LogP contribution in [0.15, 0.2) is 41.4 Å². The van der Waals surface area contributed by atoms with E-state index in [0.29, 0.717) is 12.1 Å². The number of nitrogens with one attached hydrogen (secondary N) is 1. The molecule has 0 heterocycles. The van der Waals surface area contributed by atoms with Gasteiger partial charge in [0.15, 0.2) is 0 Å². The van der Waals surface area contributed by atoms with Crippen molar-refractivity contribution >= 4 is 15.9 Å². The first-order valence-corrected chi connectivity index (χ1v) is 6.55. The Balaban J connectivity index is 2.55. The predicted octanol–water partition coefficient (Wildman–Crippen LogP) is 4.45. The van der Waals surface area contributed by atoms with Crippen molar-refractivity contribution in [2.75, 3.05) is 0 Å². The van der Waals surface area contributed by atoms with Gasteiger partial charge in [-0.15, -0.1) is 6.58 Å². The monoisotopic (exact) mass is 281 g/mol. The van der Waals surface area contributed by atoms with Gasteiger partial charge in [0.1, 0.15) is 0 Å². The molecule has 88 valence electrons. The summed E-state index contributed by atoms with van der Waals surface area (Å²) in [7, 11) is 0. The molecule has 1 N–H and O–H groups in total. The van der Waals surface area contributed by atoms with Crippen LogP contribution in [0, 0.1) is 0 Å². The van der Waals surface area contributed by atoms with Crippen LogP contribution in [0.4, 0.5) is 0 Å². The second-order valence-corrected chi connectivity index (χ2v) is 5.03. The zero-order valence-electron chi connectivity index (χ0n) is 10.0. The van der Waals surface area contributed by atoms with Crippen molar-refractivity contribution in [3.8, 4) is 0 Å². The molecule has 1 nitrogen and oxygen atoms in total. The van der Waals surface area contributed by atoms with Gasteiger partial charge in [-0.05, 0) is 38.3 Å². The molecule has 2 atom stereocenters. The lowest BCUT2D eigenvalue weighted by Crippen LogP contribution is -2.28. The first-order chi connectivity index (χ1) is 7.65. The normalized spacial score (nSPS) is 14.4. The molecule has 0 aliphatic rings. The van der Waals surface area contributed by atoms with Crippen LogP contribution in [0.2, 0.25) is 0 Å². The molecule has 0 bridgehead atoms. The molecule has 16 heavy (non-hydrogen) atoms. The molecule has 0 spiro atoms. The average Bonchev–Trinajstić information content (AvgIpc) is 2.26. The highest BCUT2D eigenvalue weighted by atomic mass is 79.9. The molecule has 1 rings (SSSR count). The second kappa shape index (κ2) is 6.87. The summed E-state index contributed by atoms with van der Waals surface area (Å²) in [6, 6.07) is 9.24. The summed E-state index contributed by atoms with van der Waals surface area (Å²) in [4.78, 5) is 0. The Morgan fingerprint density at radius 2 is 2.06 bits per heavy atom.